The Labute approximate surface area is 164 Å². The lowest BCUT2D eigenvalue weighted by Crippen LogP contribution is -2.44. The molecule has 2 amide bonds. The maximum Gasteiger partial charge on any atom is 0.321 e. The fourth-order valence-corrected chi connectivity index (χ4v) is 4.83. The highest BCUT2D eigenvalue weighted by molar-refractivity contribution is 8.00. The van der Waals surface area contributed by atoms with Gasteiger partial charge in [0.25, 0.3) is 0 Å². The molecule has 0 bridgehead atoms. The van der Waals surface area contributed by atoms with E-state index in [1.165, 1.54) is 6.07 Å². The quantitative estimate of drug-likeness (QED) is 0.720. The fourth-order valence-electron chi connectivity index (χ4n) is 3.50. The topological polar surface area (TPSA) is 45.2 Å². The highest BCUT2D eigenvalue weighted by atomic mass is 32.2. The number of nitrogens with one attached hydrogen (secondary N) is 1. The number of amides is 2. The van der Waals surface area contributed by atoms with Gasteiger partial charge in [-0.3, -0.25) is 4.98 Å². The lowest BCUT2D eigenvalue weighted by atomic mass is 9.86. The molecule has 6 heteroatoms. The summed E-state index contributed by atoms with van der Waals surface area (Å²) in [6, 6.07) is 8.53. The molecule has 1 saturated heterocycles. The van der Waals surface area contributed by atoms with Crippen molar-refractivity contribution < 1.29 is 9.18 Å². The van der Waals surface area contributed by atoms with E-state index in [-0.39, 0.29) is 16.6 Å². The molecule has 1 N–H and O–H groups in total. The number of urea groups is 1. The molecule has 2 heterocycles. The third-order valence-corrected chi connectivity index (χ3v) is 6.55. The zero-order valence-electron chi connectivity index (χ0n) is 16.0. The Bertz CT molecular complexity index is 804. The summed E-state index contributed by atoms with van der Waals surface area (Å²) in [5.41, 5.74) is 1.76. The molecule has 0 saturated carbocycles. The molecule has 3 rings (SSSR count). The normalized spacial score (nSPS) is 15.6. The summed E-state index contributed by atoms with van der Waals surface area (Å²) in [4.78, 5) is 19.4. The number of hydrogen-bond acceptors (Lipinski definition) is 3. The molecular formula is C21H26FN3OS. The lowest BCUT2D eigenvalue weighted by molar-refractivity contribution is 0.173. The number of nitrogens with zero attached hydrogens (tertiary/aromatic N) is 2. The number of thioether (sulfide) groups is 1. The van der Waals surface area contributed by atoms with Gasteiger partial charge in [-0.25, -0.2) is 9.18 Å². The Balaban J connectivity index is 1.56. The molecular weight excluding hydrogens is 361 g/mol. The van der Waals surface area contributed by atoms with Crippen LogP contribution in [0.5, 0.6) is 0 Å². The van der Waals surface area contributed by atoms with Gasteiger partial charge >= 0.3 is 6.03 Å². The van der Waals surface area contributed by atoms with Crippen LogP contribution in [0.1, 0.15) is 32.3 Å². The number of benzene rings is 1. The molecule has 2 aromatic rings. The number of likely N-dealkylation sites (tertiary alicyclic amines) is 1. The fraction of sp³-hybridized carbons (Fsp3) is 0.429. The van der Waals surface area contributed by atoms with E-state index in [1.54, 1.807) is 36.3 Å². The molecule has 1 fully saturated rings. The van der Waals surface area contributed by atoms with E-state index in [2.05, 4.69) is 24.1 Å². The third kappa shape index (κ3) is 5.01. The second-order valence-electron chi connectivity index (χ2n) is 7.54. The highest BCUT2D eigenvalue weighted by Crippen LogP contribution is 2.42. The first-order valence-electron chi connectivity index (χ1n) is 9.26. The van der Waals surface area contributed by atoms with Crippen LogP contribution in [0.25, 0.3) is 0 Å². The maximum atomic E-state index is 13.5. The van der Waals surface area contributed by atoms with E-state index in [0.717, 1.165) is 42.1 Å². The van der Waals surface area contributed by atoms with Crippen molar-refractivity contribution in [3.8, 4) is 0 Å². The molecule has 0 radical (unpaired) electrons. The maximum absolute atomic E-state index is 13.5. The molecule has 1 aromatic carbocycles. The van der Waals surface area contributed by atoms with E-state index < -0.39 is 0 Å². The summed E-state index contributed by atoms with van der Waals surface area (Å²) in [7, 11) is 0. The van der Waals surface area contributed by atoms with Crippen molar-refractivity contribution in [1.29, 1.82) is 0 Å². The van der Waals surface area contributed by atoms with Crippen LogP contribution >= 0.6 is 11.8 Å². The van der Waals surface area contributed by atoms with Crippen LogP contribution in [-0.4, -0.2) is 33.8 Å². The van der Waals surface area contributed by atoms with Crippen LogP contribution in [0.4, 0.5) is 14.9 Å². The summed E-state index contributed by atoms with van der Waals surface area (Å²) in [6.07, 6.45) is 5.31. The van der Waals surface area contributed by atoms with Crippen LogP contribution < -0.4 is 5.32 Å². The molecule has 27 heavy (non-hydrogen) atoms. The van der Waals surface area contributed by atoms with Gasteiger partial charge in [0.15, 0.2) is 0 Å². The molecule has 1 aromatic heterocycles. The number of carbonyl (C=O) groups excluding carboxylic acids is 1. The van der Waals surface area contributed by atoms with Crippen molar-refractivity contribution in [3.05, 3.63) is 54.1 Å². The van der Waals surface area contributed by atoms with Gasteiger partial charge in [-0.15, -0.1) is 11.8 Å². The standard InChI is InChI=1S/C21H26FN3OS/c1-15-14-23-10-7-19(15)24-20(26)25-11-8-16(9-12-25)21(2,3)27-18-6-4-5-17(22)13-18/h4-7,10,13-14,16H,8-9,11-12H2,1-3H3,(H,23,24,26). The number of anilines is 1. The number of hydrogen-bond donors (Lipinski definition) is 1. The van der Waals surface area contributed by atoms with Crippen molar-refractivity contribution >= 4 is 23.5 Å². The van der Waals surface area contributed by atoms with Crippen LogP contribution in [0.2, 0.25) is 0 Å². The summed E-state index contributed by atoms with van der Waals surface area (Å²) in [6.45, 7) is 7.81. The number of aromatic nitrogens is 1. The summed E-state index contributed by atoms with van der Waals surface area (Å²) >= 11 is 1.71. The minimum absolute atomic E-state index is 0.0158. The van der Waals surface area contributed by atoms with Crippen molar-refractivity contribution in [2.24, 2.45) is 5.92 Å². The minimum Gasteiger partial charge on any atom is -0.325 e. The zero-order chi connectivity index (χ0) is 19.4. The summed E-state index contributed by atoms with van der Waals surface area (Å²) < 4.78 is 13.4. The Morgan fingerprint density at radius 3 is 2.70 bits per heavy atom. The predicted molar refractivity (Wildman–Crippen MR) is 109 cm³/mol. The van der Waals surface area contributed by atoms with E-state index >= 15 is 0 Å². The van der Waals surface area contributed by atoms with Gasteiger partial charge in [0.05, 0.1) is 0 Å². The summed E-state index contributed by atoms with van der Waals surface area (Å²) in [5, 5.41) is 2.98. The number of halogens is 1. The van der Waals surface area contributed by atoms with Crippen LogP contribution in [0.3, 0.4) is 0 Å². The van der Waals surface area contributed by atoms with E-state index in [9.17, 15) is 9.18 Å². The average molecular weight is 388 g/mol. The van der Waals surface area contributed by atoms with Gasteiger partial charge in [-0.2, -0.15) is 0 Å². The average Bonchev–Trinajstić information content (AvgIpc) is 2.63. The van der Waals surface area contributed by atoms with E-state index in [0.29, 0.717) is 5.92 Å². The number of pyridine rings is 1. The van der Waals surface area contributed by atoms with Gasteiger partial charge in [0, 0.05) is 40.8 Å². The molecule has 144 valence electrons. The number of carbonyl (C=O) groups is 1. The Hall–Kier alpha value is -2.08. The summed E-state index contributed by atoms with van der Waals surface area (Å²) in [5.74, 6) is 0.270. The van der Waals surface area contributed by atoms with Crippen LogP contribution in [0.15, 0.2) is 47.6 Å². The smallest absolute Gasteiger partial charge is 0.321 e. The van der Waals surface area contributed by atoms with Gasteiger partial charge in [-0.1, -0.05) is 19.9 Å². The Morgan fingerprint density at radius 1 is 1.30 bits per heavy atom. The first kappa shape index (κ1) is 19.7. The molecule has 0 aliphatic carbocycles. The molecule has 4 nitrogen and oxygen atoms in total. The molecule has 0 atom stereocenters. The van der Waals surface area contributed by atoms with Crippen LogP contribution in [0, 0.1) is 18.7 Å². The number of rotatable bonds is 4. The monoisotopic (exact) mass is 387 g/mol. The van der Waals surface area contributed by atoms with Crippen LogP contribution in [-0.2, 0) is 0 Å². The van der Waals surface area contributed by atoms with Crippen molar-refractivity contribution in [1.82, 2.24) is 9.88 Å². The van der Waals surface area contributed by atoms with Crippen molar-refractivity contribution in [2.75, 3.05) is 18.4 Å². The van der Waals surface area contributed by atoms with E-state index in [1.807, 2.05) is 24.0 Å². The van der Waals surface area contributed by atoms with Gasteiger partial charge in [0.1, 0.15) is 5.82 Å². The SMILES string of the molecule is Cc1cnccc1NC(=O)N1CCC(C(C)(C)Sc2cccc(F)c2)CC1. The molecule has 0 spiro atoms. The largest absolute Gasteiger partial charge is 0.325 e. The lowest BCUT2D eigenvalue weighted by Gasteiger charge is -2.40. The number of piperidine rings is 1. The third-order valence-electron chi connectivity index (χ3n) is 5.20. The minimum atomic E-state index is -0.200. The van der Waals surface area contributed by atoms with E-state index in [4.69, 9.17) is 0 Å². The first-order valence-corrected chi connectivity index (χ1v) is 10.1. The molecule has 0 unspecified atom stereocenters. The van der Waals surface area contributed by atoms with Crippen molar-refractivity contribution in [3.63, 3.8) is 0 Å². The molecule has 1 aliphatic heterocycles. The van der Waals surface area contributed by atoms with Gasteiger partial charge < -0.3 is 10.2 Å². The highest BCUT2D eigenvalue weighted by Gasteiger charge is 2.34. The second kappa shape index (κ2) is 8.30. The first-order chi connectivity index (χ1) is 12.8. The zero-order valence-corrected chi connectivity index (χ0v) is 16.9. The van der Waals surface area contributed by atoms with Crippen molar-refractivity contribution in [2.45, 2.75) is 43.3 Å². The number of aryl methyl sites for hydroxylation is 1. The Morgan fingerprint density at radius 2 is 2.04 bits per heavy atom. The predicted octanol–water partition coefficient (Wildman–Crippen LogP) is 5.34. The second-order valence-corrected chi connectivity index (χ2v) is 9.27. The van der Waals surface area contributed by atoms with Gasteiger partial charge in [-0.05, 0) is 55.5 Å². The van der Waals surface area contributed by atoms with Gasteiger partial charge in [0.2, 0.25) is 0 Å². The molecule has 1 aliphatic rings. The Kier molecular flexibility index (Phi) is 6.05.